The van der Waals surface area contributed by atoms with E-state index in [9.17, 15) is 4.79 Å². The van der Waals surface area contributed by atoms with Gasteiger partial charge in [0, 0.05) is 47.9 Å². The van der Waals surface area contributed by atoms with Crippen molar-refractivity contribution in [3.05, 3.63) is 36.0 Å². The molecule has 0 spiro atoms. The summed E-state index contributed by atoms with van der Waals surface area (Å²) in [5, 5.41) is 13.1. The predicted molar refractivity (Wildman–Crippen MR) is 146 cm³/mol. The molecular formula is C24H34N6O3S2. The quantitative estimate of drug-likeness (QED) is 0.301. The molecule has 1 saturated heterocycles. The van der Waals surface area contributed by atoms with Crippen molar-refractivity contribution in [3.8, 4) is 11.1 Å². The maximum atomic E-state index is 11.9. The van der Waals surface area contributed by atoms with E-state index in [2.05, 4.69) is 63.1 Å². The van der Waals surface area contributed by atoms with E-state index < -0.39 is 0 Å². The van der Waals surface area contributed by atoms with Gasteiger partial charge in [0.15, 0.2) is 5.96 Å². The molecule has 2 aromatic heterocycles. The van der Waals surface area contributed by atoms with E-state index in [-0.39, 0.29) is 28.7 Å². The molecule has 1 aliphatic rings. The fourth-order valence-electron chi connectivity index (χ4n) is 4.05. The van der Waals surface area contributed by atoms with Crippen LogP contribution in [0.3, 0.4) is 0 Å². The number of nitrogens with one attached hydrogen (secondary N) is 2. The average molecular weight is 519 g/mol. The summed E-state index contributed by atoms with van der Waals surface area (Å²) in [4.78, 5) is 26.6. The number of rotatable bonds is 5. The zero-order valence-corrected chi connectivity index (χ0v) is 22.1. The van der Waals surface area contributed by atoms with Gasteiger partial charge in [0.05, 0.1) is 10.2 Å². The first kappa shape index (κ1) is 28.5. The molecule has 0 radical (unpaired) electrons. The van der Waals surface area contributed by atoms with Gasteiger partial charge in [0.25, 0.3) is 0 Å². The van der Waals surface area contributed by atoms with Crippen molar-refractivity contribution in [1.82, 2.24) is 20.2 Å². The third-order valence-corrected chi connectivity index (χ3v) is 7.87. The number of hydrogen-bond acceptors (Lipinski definition) is 7. The van der Waals surface area contributed by atoms with Gasteiger partial charge in [-0.2, -0.15) is 0 Å². The summed E-state index contributed by atoms with van der Waals surface area (Å²) in [6.45, 7) is 5.14. The summed E-state index contributed by atoms with van der Waals surface area (Å²) < 4.78 is 1.10. The second-order valence-corrected chi connectivity index (χ2v) is 10.3. The highest BCUT2D eigenvalue weighted by molar-refractivity contribution is 7.98. The number of benzene rings is 1. The number of thioether (sulfide) groups is 1. The Hall–Kier alpha value is -2.73. The number of guanidine groups is 1. The Kier molecular flexibility index (Phi) is 10.0. The molecule has 4 rings (SSSR count). The number of carbonyl (C=O) groups excluding carboxylic acids is 1. The second kappa shape index (κ2) is 12.3. The van der Waals surface area contributed by atoms with Crippen molar-refractivity contribution >= 4 is 51.0 Å². The van der Waals surface area contributed by atoms with Gasteiger partial charge in [-0.1, -0.05) is 26.0 Å². The van der Waals surface area contributed by atoms with Gasteiger partial charge in [-0.15, -0.1) is 23.1 Å². The van der Waals surface area contributed by atoms with E-state index in [1.165, 1.54) is 10.5 Å². The number of piperidine rings is 1. The van der Waals surface area contributed by atoms with Crippen LogP contribution in [-0.4, -0.2) is 70.1 Å². The van der Waals surface area contributed by atoms with Crippen molar-refractivity contribution in [3.63, 3.8) is 0 Å². The standard InChI is InChI=1S/C24H30N6OS2.2H2O/c1-15(2)23(31)28-24(25)30-11-9-17(10-12-30)29(3)22-21-20(26-14-27-22)19(13-33-21)16-5-7-18(32-4)8-6-16;;/h5-8,13-15,17H,9-12H2,1-4H3,(H2,25,28,31);2*1H2. The Morgan fingerprint density at radius 2 is 1.86 bits per heavy atom. The highest BCUT2D eigenvalue weighted by Crippen LogP contribution is 2.38. The van der Waals surface area contributed by atoms with Crippen LogP contribution < -0.4 is 10.2 Å². The third kappa shape index (κ3) is 6.10. The molecule has 9 nitrogen and oxygen atoms in total. The van der Waals surface area contributed by atoms with Crippen LogP contribution in [-0.2, 0) is 4.79 Å². The predicted octanol–water partition coefficient (Wildman–Crippen LogP) is 3.04. The Morgan fingerprint density at radius 3 is 2.46 bits per heavy atom. The maximum absolute atomic E-state index is 11.9. The van der Waals surface area contributed by atoms with E-state index in [1.54, 1.807) is 29.4 Å². The van der Waals surface area contributed by atoms with Crippen LogP contribution in [0.2, 0.25) is 0 Å². The van der Waals surface area contributed by atoms with E-state index >= 15 is 0 Å². The molecule has 1 amide bonds. The summed E-state index contributed by atoms with van der Waals surface area (Å²) in [5.41, 5.74) is 3.30. The van der Waals surface area contributed by atoms with Gasteiger partial charge in [-0.3, -0.25) is 15.5 Å². The molecule has 35 heavy (non-hydrogen) atoms. The van der Waals surface area contributed by atoms with E-state index in [4.69, 9.17) is 5.41 Å². The number of carbonyl (C=O) groups is 1. The van der Waals surface area contributed by atoms with Crippen LogP contribution in [0.15, 0.2) is 40.9 Å². The Bertz CT molecular complexity index is 1140. The number of aromatic nitrogens is 2. The minimum Gasteiger partial charge on any atom is -0.412 e. The first-order valence-corrected chi connectivity index (χ1v) is 13.2. The van der Waals surface area contributed by atoms with Crippen LogP contribution in [0.1, 0.15) is 26.7 Å². The van der Waals surface area contributed by atoms with Gasteiger partial charge in [0.2, 0.25) is 5.91 Å². The first-order valence-electron chi connectivity index (χ1n) is 11.1. The molecule has 0 atom stereocenters. The number of likely N-dealkylation sites (tertiary alicyclic amines) is 1. The van der Waals surface area contributed by atoms with Gasteiger partial charge < -0.3 is 20.8 Å². The van der Waals surface area contributed by atoms with Gasteiger partial charge >= 0.3 is 0 Å². The molecule has 1 aliphatic heterocycles. The monoisotopic (exact) mass is 518 g/mol. The Morgan fingerprint density at radius 1 is 1.20 bits per heavy atom. The van der Waals surface area contributed by atoms with E-state index in [0.717, 1.165) is 47.5 Å². The van der Waals surface area contributed by atoms with Crippen LogP contribution in [0, 0.1) is 11.3 Å². The molecule has 190 valence electrons. The van der Waals surface area contributed by atoms with Crippen molar-refractivity contribution in [1.29, 1.82) is 5.41 Å². The van der Waals surface area contributed by atoms with Crippen molar-refractivity contribution in [2.75, 3.05) is 31.3 Å². The summed E-state index contributed by atoms with van der Waals surface area (Å²) >= 11 is 3.43. The average Bonchev–Trinajstić information content (AvgIpc) is 3.28. The zero-order chi connectivity index (χ0) is 23.5. The van der Waals surface area contributed by atoms with Crippen LogP contribution >= 0.6 is 23.1 Å². The zero-order valence-electron chi connectivity index (χ0n) is 20.5. The third-order valence-electron chi connectivity index (χ3n) is 6.16. The largest absolute Gasteiger partial charge is 0.412 e. The lowest BCUT2D eigenvalue weighted by atomic mass is 10.0. The van der Waals surface area contributed by atoms with Gasteiger partial charge in [0.1, 0.15) is 12.1 Å². The number of hydrogen-bond donors (Lipinski definition) is 2. The topological polar surface area (TPSA) is 148 Å². The van der Waals surface area contributed by atoms with Gasteiger partial charge in [-0.05, 0) is 36.8 Å². The lowest BCUT2D eigenvalue weighted by Crippen LogP contribution is -2.51. The molecule has 0 aliphatic carbocycles. The lowest BCUT2D eigenvalue weighted by molar-refractivity contribution is -0.122. The molecule has 6 N–H and O–H groups in total. The lowest BCUT2D eigenvalue weighted by Gasteiger charge is -2.38. The highest BCUT2D eigenvalue weighted by Gasteiger charge is 2.27. The maximum Gasteiger partial charge on any atom is 0.229 e. The molecule has 1 fully saturated rings. The summed E-state index contributed by atoms with van der Waals surface area (Å²) in [6, 6.07) is 8.92. The van der Waals surface area contributed by atoms with Crippen LogP contribution in [0.4, 0.5) is 5.82 Å². The number of nitrogens with zero attached hydrogens (tertiary/aromatic N) is 4. The summed E-state index contributed by atoms with van der Waals surface area (Å²) in [5.74, 6) is 0.917. The van der Waals surface area contributed by atoms with E-state index in [0.29, 0.717) is 6.04 Å². The fourth-order valence-corrected chi connectivity index (χ4v) is 5.52. The highest BCUT2D eigenvalue weighted by atomic mass is 32.2. The van der Waals surface area contributed by atoms with E-state index in [1.807, 2.05) is 18.7 Å². The number of thiophene rings is 1. The smallest absolute Gasteiger partial charge is 0.229 e. The number of amides is 1. The molecule has 0 saturated carbocycles. The first-order chi connectivity index (χ1) is 15.9. The second-order valence-electron chi connectivity index (χ2n) is 8.57. The fraction of sp³-hybridized carbons (Fsp3) is 0.417. The van der Waals surface area contributed by atoms with Crippen molar-refractivity contribution in [2.24, 2.45) is 5.92 Å². The minimum atomic E-state index is -0.131. The molecular weight excluding hydrogens is 484 g/mol. The number of anilines is 1. The SMILES string of the molecule is CSc1ccc(-c2csc3c(N(C)C4CCN(C(=N)NC(=O)C(C)C)CC4)ncnc23)cc1.O.O. The molecule has 0 bridgehead atoms. The van der Waals surface area contributed by atoms with Gasteiger partial charge in [-0.25, -0.2) is 9.97 Å². The normalized spacial score (nSPS) is 13.8. The number of fused-ring (bicyclic) bond motifs is 1. The molecule has 1 aromatic carbocycles. The molecule has 3 heterocycles. The summed E-state index contributed by atoms with van der Waals surface area (Å²) in [7, 11) is 2.10. The molecule has 11 heteroatoms. The molecule has 0 unspecified atom stereocenters. The van der Waals surface area contributed by atoms with Crippen molar-refractivity contribution in [2.45, 2.75) is 37.6 Å². The van der Waals surface area contributed by atoms with Crippen LogP contribution in [0.5, 0.6) is 0 Å². The Balaban J connectivity index is 0.00000216. The van der Waals surface area contributed by atoms with Crippen LogP contribution in [0.25, 0.3) is 21.3 Å². The minimum absolute atomic E-state index is 0. The van der Waals surface area contributed by atoms with Crippen molar-refractivity contribution < 1.29 is 15.7 Å². The summed E-state index contributed by atoms with van der Waals surface area (Å²) in [6.07, 6.45) is 5.54. The molecule has 3 aromatic rings. The Labute approximate surface area is 214 Å².